The van der Waals surface area contributed by atoms with Gasteiger partial charge in [-0.15, -0.1) is 0 Å². The van der Waals surface area contributed by atoms with Crippen LogP contribution >= 0.6 is 0 Å². The van der Waals surface area contributed by atoms with E-state index in [-0.39, 0.29) is 18.1 Å². The van der Waals surface area contributed by atoms with Crippen LogP contribution in [0.25, 0.3) is 0 Å². The first-order valence-corrected chi connectivity index (χ1v) is 4.98. The lowest BCUT2D eigenvalue weighted by Crippen LogP contribution is -2.28. The van der Waals surface area contributed by atoms with E-state index >= 15 is 0 Å². The van der Waals surface area contributed by atoms with Gasteiger partial charge in [-0.2, -0.15) is 0 Å². The van der Waals surface area contributed by atoms with Gasteiger partial charge in [0.25, 0.3) is 5.69 Å². The van der Waals surface area contributed by atoms with Crippen molar-refractivity contribution in [3.05, 3.63) is 27.9 Å². The highest BCUT2D eigenvalue weighted by molar-refractivity contribution is 5.80. The summed E-state index contributed by atoms with van der Waals surface area (Å²) >= 11 is 0. The van der Waals surface area contributed by atoms with Gasteiger partial charge in [0.2, 0.25) is 5.91 Å². The highest BCUT2D eigenvalue weighted by atomic mass is 16.6. The van der Waals surface area contributed by atoms with Crippen molar-refractivity contribution in [1.82, 2.24) is 9.88 Å². The Morgan fingerprint density at radius 2 is 2.18 bits per heavy atom. The zero-order valence-electron chi connectivity index (χ0n) is 9.93. The normalized spacial score (nSPS) is 9.82. The number of carbonyl (C=O) groups is 1. The van der Waals surface area contributed by atoms with Crippen molar-refractivity contribution in [2.24, 2.45) is 0 Å². The Morgan fingerprint density at radius 3 is 2.65 bits per heavy atom. The van der Waals surface area contributed by atoms with Crippen LogP contribution in [-0.2, 0) is 4.79 Å². The van der Waals surface area contributed by atoms with E-state index in [1.54, 1.807) is 21.0 Å². The molecule has 17 heavy (non-hydrogen) atoms. The van der Waals surface area contributed by atoms with E-state index in [2.05, 4.69) is 10.3 Å². The molecule has 1 rings (SSSR count). The van der Waals surface area contributed by atoms with Crippen molar-refractivity contribution in [3.8, 4) is 0 Å². The van der Waals surface area contributed by atoms with E-state index in [4.69, 9.17) is 0 Å². The molecule has 1 amide bonds. The van der Waals surface area contributed by atoms with Gasteiger partial charge in [0.1, 0.15) is 11.5 Å². The Morgan fingerprint density at radius 1 is 1.53 bits per heavy atom. The van der Waals surface area contributed by atoms with Crippen LogP contribution in [0.15, 0.2) is 12.1 Å². The molecule has 0 radical (unpaired) electrons. The second kappa shape index (κ2) is 5.24. The third-order valence-corrected chi connectivity index (χ3v) is 2.17. The lowest BCUT2D eigenvalue weighted by molar-refractivity contribution is -0.385. The molecule has 7 heteroatoms. The molecule has 92 valence electrons. The van der Waals surface area contributed by atoms with E-state index in [1.807, 2.05) is 0 Å². The maximum absolute atomic E-state index is 11.3. The van der Waals surface area contributed by atoms with Gasteiger partial charge in [0, 0.05) is 20.2 Å². The molecule has 0 unspecified atom stereocenters. The molecule has 0 atom stereocenters. The Labute approximate surface area is 98.6 Å². The number of nitrogens with zero attached hydrogens (tertiary/aromatic N) is 3. The fourth-order valence-electron chi connectivity index (χ4n) is 1.17. The van der Waals surface area contributed by atoms with E-state index in [1.165, 1.54) is 17.0 Å². The van der Waals surface area contributed by atoms with Crippen molar-refractivity contribution in [2.75, 3.05) is 26.0 Å². The van der Waals surface area contributed by atoms with Gasteiger partial charge in [-0.25, -0.2) is 4.98 Å². The maximum atomic E-state index is 11.3. The Balaban J connectivity index is 2.71. The summed E-state index contributed by atoms with van der Waals surface area (Å²) in [4.78, 5) is 26.8. The van der Waals surface area contributed by atoms with Crippen molar-refractivity contribution in [2.45, 2.75) is 6.92 Å². The van der Waals surface area contributed by atoms with Crippen LogP contribution in [0.3, 0.4) is 0 Å². The number of hydrogen-bond acceptors (Lipinski definition) is 5. The summed E-state index contributed by atoms with van der Waals surface area (Å²) in [5, 5.41) is 13.4. The summed E-state index contributed by atoms with van der Waals surface area (Å²) in [6.07, 6.45) is 0. The van der Waals surface area contributed by atoms with Crippen molar-refractivity contribution >= 4 is 17.4 Å². The largest absolute Gasteiger partial charge is 0.361 e. The summed E-state index contributed by atoms with van der Waals surface area (Å²) in [7, 11) is 3.30. The fourth-order valence-corrected chi connectivity index (χ4v) is 1.17. The number of aromatic nitrogens is 1. The maximum Gasteiger partial charge on any atom is 0.290 e. The molecule has 0 aliphatic carbocycles. The second-order valence-corrected chi connectivity index (χ2v) is 3.70. The minimum Gasteiger partial charge on any atom is -0.361 e. The van der Waals surface area contributed by atoms with E-state index in [0.29, 0.717) is 11.5 Å². The number of nitro groups is 1. The topological polar surface area (TPSA) is 88.4 Å². The first-order valence-electron chi connectivity index (χ1n) is 4.98. The molecule has 1 aromatic heterocycles. The summed E-state index contributed by atoms with van der Waals surface area (Å²) in [5.74, 6) is 0.353. The second-order valence-electron chi connectivity index (χ2n) is 3.70. The van der Waals surface area contributed by atoms with Crippen LogP contribution < -0.4 is 5.32 Å². The van der Waals surface area contributed by atoms with Crippen LogP contribution in [0.4, 0.5) is 11.5 Å². The van der Waals surface area contributed by atoms with Gasteiger partial charge < -0.3 is 10.2 Å². The smallest absolute Gasteiger partial charge is 0.290 e. The average Bonchev–Trinajstić information content (AvgIpc) is 2.25. The van der Waals surface area contributed by atoms with Crippen molar-refractivity contribution in [3.63, 3.8) is 0 Å². The number of hydrogen-bond donors (Lipinski definition) is 1. The van der Waals surface area contributed by atoms with Crippen molar-refractivity contribution in [1.29, 1.82) is 0 Å². The van der Waals surface area contributed by atoms with Crippen LogP contribution in [0.5, 0.6) is 0 Å². The Kier molecular flexibility index (Phi) is 3.97. The van der Waals surface area contributed by atoms with Crippen LogP contribution in [0.1, 0.15) is 5.69 Å². The molecule has 1 aromatic rings. The molecular weight excluding hydrogens is 224 g/mol. The lowest BCUT2D eigenvalue weighted by atomic mass is 10.3. The molecule has 0 aliphatic rings. The van der Waals surface area contributed by atoms with Crippen LogP contribution in [-0.4, -0.2) is 41.4 Å². The summed E-state index contributed by atoms with van der Waals surface area (Å²) < 4.78 is 0. The molecule has 1 N–H and O–H groups in total. The number of rotatable bonds is 4. The summed E-state index contributed by atoms with van der Waals surface area (Å²) in [6, 6.07) is 2.85. The zero-order valence-corrected chi connectivity index (χ0v) is 9.93. The van der Waals surface area contributed by atoms with E-state index in [9.17, 15) is 14.9 Å². The molecule has 0 aromatic carbocycles. The number of nitrogens with one attached hydrogen (secondary N) is 1. The number of likely N-dealkylation sites (N-methyl/N-ethyl adjacent to an activating group) is 1. The fraction of sp³-hybridized carbons (Fsp3) is 0.400. The third-order valence-electron chi connectivity index (χ3n) is 2.17. The van der Waals surface area contributed by atoms with Crippen molar-refractivity contribution < 1.29 is 9.72 Å². The molecule has 0 fully saturated rings. The minimum atomic E-state index is -0.489. The molecule has 0 saturated carbocycles. The highest BCUT2D eigenvalue weighted by Gasteiger charge is 2.12. The molecule has 0 saturated heterocycles. The number of carbonyl (C=O) groups excluding carboxylic acids is 1. The summed E-state index contributed by atoms with van der Waals surface area (Å²) in [5.41, 5.74) is 0.284. The number of aryl methyl sites for hydroxylation is 1. The summed E-state index contributed by atoms with van der Waals surface area (Å²) in [6.45, 7) is 1.66. The van der Waals surface area contributed by atoms with Crippen LogP contribution in [0, 0.1) is 17.0 Å². The van der Waals surface area contributed by atoms with Crippen LogP contribution in [0.2, 0.25) is 0 Å². The van der Waals surface area contributed by atoms with E-state index in [0.717, 1.165) is 0 Å². The molecular formula is C10H14N4O3. The standard InChI is InChI=1S/C10H14N4O3/c1-7-8(14(16)17)4-5-9(12-7)11-6-10(15)13(2)3/h4-5H,6H2,1-3H3,(H,11,12). The van der Waals surface area contributed by atoms with Gasteiger partial charge in [-0.3, -0.25) is 14.9 Å². The monoisotopic (exact) mass is 238 g/mol. The molecule has 1 heterocycles. The molecule has 7 nitrogen and oxygen atoms in total. The average molecular weight is 238 g/mol. The molecule has 0 spiro atoms. The highest BCUT2D eigenvalue weighted by Crippen LogP contribution is 2.17. The van der Waals surface area contributed by atoms with E-state index < -0.39 is 4.92 Å². The lowest BCUT2D eigenvalue weighted by Gasteiger charge is -2.11. The first kappa shape index (κ1) is 12.9. The quantitative estimate of drug-likeness (QED) is 0.619. The molecule has 0 aliphatic heterocycles. The third kappa shape index (κ3) is 3.40. The number of anilines is 1. The first-order chi connectivity index (χ1) is 7.91. The SMILES string of the molecule is Cc1nc(NCC(=O)N(C)C)ccc1[N+](=O)[O-]. The minimum absolute atomic E-state index is 0.0329. The molecule has 0 bridgehead atoms. The van der Waals surface area contributed by atoms with Gasteiger partial charge in [0.05, 0.1) is 11.5 Å². The predicted octanol–water partition coefficient (Wildman–Crippen LogP) is 0.798. The predicted molar refractivity (Wildman–Crippen MR) is 62.8 cm³/mol. The zero-order chi connectivity index (χ0) is 13.0. The van der Waals surface area contributed by atoms with Gasteiger partial charge in [0.15, 0.2) is 0 Å². The Hall–Kier alpha value is -2.18. The number of pyridine rings is 1. The Bertz CT molecular complexity index is 445. The number of amides is 1. The van der Waals surface area contributed by atoms with Gasteiger partial charge in [-0.1, -0.05) is 0 Å². The van der Waals surface area contributed by atoms with Gasteiger partial charge in [-0.05, 0) is 13.0 Å². The van der Waals surface area contributed by atoms with Gasteiger partial charge >= 0.3 is 0 Å².